The normalized spacial score (nSPS) is 12.7. The zero-order valence-electron chi connectivity index (χ0n) is 14.7. The summed E-state index contributed by atoms with van der Waals surface area (Å²) in [4.78, 5) is 30.8. The van der Waals surface area contributed by atoms with Crippen LogP contribution in [0.15, 0.2) is 23.0 Å². The fraction of sp³-hybridized carbons (Fsp3) is 0.444. The van der Waals surface area contributed by atoms with Crippen LogP contribution in [0, 0.1) is 13.8 Å². The highest BCUT2D eigenvalue weighted by molar-refractivity contribution is 5.83. The molecule has 0 bridgehead atoms. The van der Waals surface area contributed by atoms with Crippen LogP contribution in [0.5, 0.6) is 0 Å². The molecule has 1 aromatic carbocycles. The van der Waals surface area contributed by atoms with E-state index in [-0.39, 0.29) is 17.5 Å². The molecule has 2 aromatic rings. The van der Waals surface area contributed by atoms with Crippen LogP contribution in [-0.2, 0) is 11.3 Å². The lowest BCUT2D eigenvalue weighted by Crippen LogP contribution is -2.42. The number of amides is 1. The first-order valence-electron chi connectivity index (χ1n) is 7.75. The number of hydrogen-bond donors (Lipinski definition) is 1. The monoisotopic (exact) mass is 315 g/mol. The lowest BCUT2D eigenvalue weighted by molar-refractivity contribution is -0.133. The molecule has 0 saturated heterocycles. The molecular formula is C18H25N3O2. The highest BCUT2D eigenvalue weighted by atomic mass is 16.2. The van der Waals surface area contributed by atoms with Crippen LogP contribution in [0.3, 0.4) is 0 Å². The molecule has 124 valence electrons. The molecule has 1 amide bonds. The molecule has 2 rings (SSSR count). The quantitative estimate of drug-likeness (QED) is 0.939. The minimum absolute atomic E-state index is 0.0245. The molecule has 0 aliphatic heterocycles. The summed E-state index contributed by atoms with van der Waals surface area (Å²) >= 11 is 0. The second-order valence-corrected chi connectivity index (χ2v) is 6.49. The fourth-order valence-electron chi connectivity index (χ4n) is 2.82. The van der Waals surface area contributed by atoms with Crippen molar-refractivity contribution in [3.63, 3.8) is 0 Å². The van der Waals surface area contributed by atoms with Gasteiger partial charge in [-0.25, -0.2) is 0 Å². The Morgan fingerprint density at radius 1 is 1.17 bits per heavy atom. The summed E-state index contributed by atoms with van der Waals surface area (Å²) in [5.74, 6) is 0.0245. The van der Waals surface area contributed by atoms with E-state index in [2.05, 4.69) is 17.1 Å². The van der Waals surface area contributed by atoms with E-state index in [0.29, 0.717) is 12.1 Å². The molecule has 0 unspecified atom stereocenters. The third-order valence-corrected chi connectivity index (χ3v) is 4.25. The van der Waals surface area contributed by atoms with Crippen molar-refractivity contribution in [2.75, 3.05) is 21.1 Å². The molecule has 1 heterocycles. The summed E-state index contributed by atoms with van der Waals surface area (Å²) in [5.41, 5.74) is 3.68. The molecule has 0 radical (unpaired) electrons. The number of likely N-dealkylation sites (N-methyl/N-ethyl adjacent to an activating group) is 2. The molecule has 5 heteroatoms. The van der Waals surface area contributed by atoms with E-state index in [1.54, 1.807) is 19.0 Å². The van der Waals surface area contributed by atoms with Crippen LogP contribution in [-0.4, -0.2) is 47.9 Å². The smallest absolute Gasteiger partial charge is 0.252 e. The maximum absolute atomic E-state index is 12.4. The summed E-state index contributed by atoms with van der Waals surface area (Å²) in [7, 11) is 5.33. The molecule has 0 aliphatic rings. The third-order valence-electron chi connectivity index (χ3n) is 4.25. The third kappa shape index (κ3) is 3.62. The van der Waals surface area contributed by atoms with E-state index >= 15 is 0 Å². The highest BCUT2D eigenvalue weighted by Crippen LogP contribution is 2.18. The largest absolute Gasteiger partial charge is 0.347 e. The van der Waals surface area contributed by atoms with Gasteiger partial charge in [0.1, 0.15) is 0 Å². The number of carbonyl (C=O) groups is 1. The van der Waals surface area contributed by atoms with Gasteiger partial charge in [-0.15, -0.1) is 0 Å². The van der Waals surface area contributed by atoms with Crippen molar-refractivity contribution in [1.82, 2.24) is 14.8 Å². The van der Waals surface area contributed by atoms with E-state index in [0.717, 1.165) is 22.0 Å². The number of fused-ring (bicyclic) bond motifs is 1. The van der Waals surface area contributed by atoms with Gasteiger partial charge in [0.15, 0.2) is 0 Å². The molecule has 0 spiro atoms. The molecule has 23 heavy (non-hydrogen) atoms. The second-order valence-electron chi connectivity index (χ2n) is 6.49. The number of aromatic amines is 1. The minimum atomic E-state index is -0.278. The van der Waals surface area contributed by atoms with Gasteiger partial charge in [-0.1, -0.05) is 11.6 Å². The number of rotatable bonds is 4. The van der Waals surface area contributed by atoms with E-state index in [1.165, 1.54) is 0 Å². The Hall–Kier alpha value is -2.14. The molecule has 0 aliphatic carbocycles. The van der Waals surface area contributed by atoms with E-state index in [1.807, 2.05) is 38.8 Å². The number of nitrogens with zero attached hydrogens (tertiary/aromatic N) is 2. The number of hydrogen-bond acceptors (Lipinski definition) is 3. The van der Waals surface area contributed by atoms with Crippen LogP contribution in [0.2, 0.25) is 0 Å². The second kappa shape index (κ2) is 6.54. The highest BCUT2D eigenvalue weighted by Gasteiger charge is 2.20. The predicted molar refractivity (Wildman–Crippen MR) is 93.7 cm³/mol. The molecule has 1 N–H and O–H groups in total. The van der Waals surface area contributed by atoms with Crippen molar-refractivity contribution in [2.45, 2.75) is 33.4 Å². The number of carbonyl (C=O) groups excluding carboxylic acids is 1. The van der Waals surface area contributed by atoms with Gasteiger partial charge < -0.3 is 9.88 Å². The number of aryl methyl sites for hydroxylation is 2. The predicted octanol–water partition coefficient (Wildman–Crippen LogP) is 2.05. The van der Waals surface area contributed by atoms with Gasteiger partial charge in [0.25, 0.3) is 5.56 Å². The summed E-state index contributed by atoms with van der Waals surface area (Å²) in [6.07, 6.45) is 0. The Morgan fingerprint density at radius 3 is 2.43 bits per heavy atom. The van der Waals surface area contributed by atoms with Crippen LogP contribution >= 0.6 is 0 Å². The van der Waals surface area contributed by atoms with Crippen LogP contribution in [0.1, 0.15) is 23.6 Å². The first-order valence-corrected chi connectivity index (χ1v) is 7.75. The molecule has 1 atom stereocenters. The number of benzene rings is 1. The Morgan fingerprint density at radius 2 is 1.83 bits per heavy atom. The van der Waals surface area contributed by atoms with Crippen molar-refractivity contribution in [2.24, 2.45) is 0 Å². The van der Waals surface area contributed by atoms with Gasteiger partial charge in [0.05, 0.1) is 11.6 Å². The summed E-state index contributed by atoms with van der Waals surface area (Å²) < 4.78 is 0. The molecule has 0 saturated carbocycles. The van der Waals surface area contributed by atoms with E-state index in [4.69, 9.17) is 0 Å². The summed E-state index contributed by atoms with van der Waals surface area (Å²) in [5, 5.41) is 1.03. The van der Waals surface area contributed by atoms with Gasteiger partial charge in [-0.2, -0.15) is 0 Å². The molecule has 5 nitrogen and oxygen atoms in total. The number of H-pyrrole nitrogens is 1. The van der Waals surface area contributed by atoms with Crippen LogP contribution < -0.4 is 5.56 Å². The average molecular weight is 315 g/mol. The lowest BCUT2D eigenvalue weighted by atomic mass is 10.0. The van der Waals surface area contributed by atoms with Crippen molar-refractivity contribution < 1.29 is 4.79 Å². The summed E-state index contributed by atoms with van der Waals surface area (Å²) in [6.45, 7) is 6.32. The molecular weight excluding hydrogens is 290 g/mol. The fourth-order valence-corrected chi connectivity index (χ4v) is 2.82. The number of nitrogens with one attached hydrogen (secondary N) is 1. The Kier molecular flexibility index (Phi) is 4.90. The van der Waals surface area contributed by atoms with Crippen LogP contribution in [0.25, 0.3) is 10.9 Å². The Balaban J connectivity index is 2.35. The SMILES string of the molecule is Cc1cc(C)c2[nH]c(=O)c(CN(C)[C@H](C)C(=O)N(C)C)cc2c1. The Bertz CT molecular complexity index is 793. The van der Waals surface area contributed by atoms with Gasteiger partial charge in [-0.3, -0.25) is 14.5 Å². The van der Waals surface area contributed by atoms with Crippen LogP contribution in [0.4, 0.5) is 0 Å². The van der Waals surface area contributed by atoms with Gasteiger partial charge >= 0.3 is 0 Å². The van der Waals surface area contributed by atoms with Crippen molar-refractivity contribution in [3.8, 4) is 0 Å². The first-order chi connectivity index (χ1) is 10.7. The average Bonchev–Trinajstić information content (AvgIpc) is 2.47. The van der Waals surface area contributed by atoms with Gasteiger partial charge in [-0.05, 0) is 50.9 Å². The lowest BCUT2D eigenvalue weighted by Gasteiger charge is -2.26. The van der Waals surface area contributed by atoms with Gasteiger partial charge in [0, 0.05) is 26.2 Å². The van der Waals surface area contributed by atoms with E-state index in [9.17, 15) is 9.59 Å². The van der Waals surface area contributed by atoms with Crippen molar-refractivity contribution >= 4 is 16.8 Å². The van der Waals surface area contributed by atoms with Crippen molar-refractivity contribution in [1.29, 1.82) is 0 Å². The van der Waals surface area contributed by atoms with Gasteiger partial charge in [0.2, 0.25) is 5.91 Å². The number of aromatic nitrogens is 1. The maximum Gasteiger partial charge on any atom is 0.252 e. The zero-order valence-corrected chi connectivity index (χ0v) is 14.7. The minimum Gasteiger partial charge on any atom is -0.347 e. The standard InChI is InChI=1S/C18H25N3O2/c1-11-7-12(2)16-14(8-11)9-15(17(22)19-16)10-21(6)13(3)18(23)20(4)5/h7-9,13H,10H2,1-6H3,(H,19,22)/t13-/m1/s1. The van der Waals surface area contributed by atoms with Crippen molar-refractivity contribution in [3.05, 3.63) is 45.2 Å². The first kappa shape index (κ1) is 17.2. The Labute approximate surface area is 136 Å². The summed E-state index contributed by atoms with van der Waals surface area (Å²) in [6, 6.07) is 5.77. The zero-order chi connectivity index (χ0) is 17.3. The molecule has 1 aromatic heterocycles. The van der Waals surface area contributed by atoms with E-state index < -0.39 is 0 Å². The number of pyridine rings is 1. The maximum atomic E-state index is 12.4. The molecule has 0 fully saturated rings. The topological polar surface area (TPSA) is 56.4 Å².